The van der Waals surface area contributed by atoms with Crippen LogP contribution in [0, 0.1) is 0 Å². The summed E-state index contributed by atoms with van der Waals surface area (Å²) < 4.78 is 5.19. The molecule has 4 heteroatoms. The summed E-state index contributed by atoms with van der Waals surface area (Å²) in [6, 6.07) is 7.19. The lowest BCUT2D eigenvalue weighted by molar-refractivity contribution is 0.0348. The minimum atomic E-state index is -0.264. The molecule has 0 radical (unpaired) electrons. The van der Waals surface area contributed by atoms with E-state index >= 15 is 0 Å². The van der Waals surface area contributed by atoms with E-state index in [1.165, 1.54) is 0 Å². The highest BCUT2D eigenvalue weighted by Crippen LogP contribution is 2.18. The number of hydroxylamine groups is 1. The third-order valence-electron chi connectivity index (χ3n) is 1.83. The Labute approximate surface area is 75.4 Å². The van der Waals surface area contributed by atoms with Gasteiger partial charge in [-0.05, 0) is 11.6 Å². The largest absolute Gasteiger partial charge is 0.329 e. The summed E-state index contributed by atoms with van der Waals surface area (Å²) in [5, 5.41) is 0. The van der Waals surface area contributed by atoms with Crippen LogP contribution in [0.15, 0.2) is 24.3 Å². The Bertz CT molecular complexity index is 307. The highest BCUT2D eigenvalue weighted by Gasteiger charge is 2.17. The van der Waals surface area contributed by atoms with Crippen LogP contribution in [0.3, 0.4) is 0 Å². The van der Waals surface area contributed by atoms with E-state index in [1.54, 1.807) is 12.1 Å². The highest BCUT2D eigenvalue weighted by molar-refractivity contribution is 5.74. The zero-order valence-corrected chi connectivity index (χ0v) is 6.90. The average Bonchev–Trinajstić information content (AvgIpc) is 2.71. The molecule has 68 valence electrons. The molecule has 0 spiro atoms. The normalized spacial score (nSPS) is 21.7. The number of hydrogen-bond acceptors (Lipinski definition) is 4. The number of benzene rings is 1. The van der Waals surface area contributed by atoms with Crippen molar-refractivity contribution < 1.29 is 14.4 Å². The second kappa shape index (κ2) is 3.66. The lowest BCUT2D eigenvalue weighted by Gasteiger charge is -2.07. The highest BCUT2D eigenvalue weighted by atomic mass is 16.8. The first kappa shape index (κ1) is 8.37. The molecule has 0 amide bonds. The van der Waals surface area contributed by atoms with Crippen LogP contribution in [-0.4, -0.2) is 13.1 Å². The van der Waals surface area contributed by atoms with Crippen LogP contribution in [0.2, 0.25) is 0 Å². The van der Waals surface area contributed by atoms with Crippen LogP contribution >= 0.6 is 0 Å². The van der Waals surface area contributed by atoms with Crippen LogP contribution in [0.1, 0.15) is 22.1 Å². The maximum atomic E-state index is 10.5. The standard InChI is InChI=1S/C9H9NO3/c11-5-7-2-1-3-8(4-7)9-10-13-6-12-9/h1-5,9-10H,6H2. The summed E-state index contributed by atoms with van der Waals surface area (Å²) in [5.41, 5.74) is 4.21. The molecule has 1 aliphatic heterocycles. The van der Waals surface area contributed by atoms with Gasteiger partial charge < -0.3 is 4.74 Å². The first-order valence-electron chi connectivity index (χ1n) is 3.94. The summed E-state index contributed by atoms with van der Waals surface area (Å²) in [5.74, 6) is 0. The fourth-order valence-corrected chi connectivity index (χ4v) is 1.21. The van der Waals surface area contributed by atoms with Gasteiger partial charge in [0.1, 0.15) is 6.29 Å². The van der Waals surface area contributed by atoms with E-state index in [2.05, 4.69) is 5.48 Å². The fraction of sp³-hybridized carbons (Fsp3) is 0.222. The van der Waals surface area contributed by atoms with Crippen LogP contribution in [0.5, 0.6) is 0 Å². The van der Waals surface area contributed by atoms with Crippen LogP contribution < -0.4 is 5.48 Å². The van der Waals surface area contributed by atoms with Crippen molar-refractivity contribution >= 4 is 6.29 Å². The molecule has 13 heavy (non-hydrogen) atoms. The molecule has 1 unspecified atom stereocenters. The fourth-order valence-electron chi connectivity index (χ4n) is 1.21. The molecular formula is C9H9NO3. The molecule has 2 rings (SSSR count). The van der Waals surface area contributed by atoms with Gasteiger partial charge in [0, 0.05) is 5.56 Å². The van der Waals surface area contributed by atoms with E-state index in [-0.39, 0.29) is 13.0 Å². The number of nitrogens with one attached hydrogen (secondary N) is 1. The number of rotatable bonds is 2. The predicted octanol–water partition coefficient (Wildman–Crippen LogP) is 1.01. The number of carbonyl (C=O) groups excluding carboxylic acids is 1. The molecule has 1 N–H and O–H groups in total. The molecule has 0 aliphatic carbocycles. The summed E-state index contributed by atoms with van der Waals surface area (Å²) in [7, 11) is 0. The zero-order valence-electron chi connectivity index (χ0n) is 6.90. The van der Waals surface area contributed by atoms with E-state index in [1.807, 2.05) is 12.1 Å². The number of hydrogen-bond donors (Lipinski definition) is 1. The van der Waals surface area contributed by atoms with Gasteiger partial charge in [0.15, 0.2) is 13.0 Å². The molecule has 1 atom stereocenters. The molecule has 0 bridgehead atoms. The van der Waals surface area contributed by atoms with Gasteiger partial charge in [-0.2, -0.15) is 5.48 Å². The van der Waals surface area contributed by atoms with Crippen molar-refractivity contribution in [3.05, 3.63) is 35.4 Å². The molecular weight excluding hydrogens is 170 g/mol. The van der Waals surface area contributed by atoms with Gasteiger partial charge in [-0.1, -0.05) is 18.2 Å². The monoisotopic (exact) mass is 179 g/mol. The van der Waals surface area contributed by atoms with Gasteiger partial charge in [0.25, 0.3) is 0 Å². The number of carbonyl (C=O) groups is 1. The summed E-state index contributed by atoms with van der Waals surface area (Å²) in [4.78, 5) is 15.3. The van der Waals surface area contributed by atoms with E-state index in [4.69, 9.17) is 9.57 Å². The molecule has 1 heterocycles. The maximum Gasteiger partial charge on any atom is 0.169 e. The van der Waals surface area contributed by atoms with E-state index < -0.39 is 0 Å². The van der Waals surface area contributed by atoms with Gasteiger partial charge in [-0.3, -0.25) is 9.63 Å². The third kappa shape index (κ3) is 1.75. The van der Waals surface area contributed by atoms with Crippen molar-refractivity contribution in [2.45, 2.75) is 6.23 Å². The van der Waals surface area contributed by atoms with Crippen molar-refractivity contribution in [2.75, 3.05) is 6.79 Å². The first-order valence-corrected chi connectivity index (χ1v) is 3.94. The summed E-state index contributed by atoms with van der Waals surface area (Å²) in [6.45, 7) is 0.232. The predicted molar refractivity (Wildman–Crippen MR) is 44.7 cm³/mol. The topological polar surface area (TPSA) is 47.6 Å². The number of ether oxygens (including phenoxy) is 1. The molecule has 1 aromatic carbocycles. The van der Waals surface area contributed by atoms with Gasteiger partial charge in [-0.15, -0.1) is 0 Å². The Kier molecular flexibility index (Phi) is 2.35. The first-order chi connectivity index (χ1) is 6.40. The Balaban J connectivity index is 2.23. The second-order valence-electron chi connectivity index (χ2n) is 2.71. The molecule has 1 aliphatic rings. The van der Waals surface area contributed by atoms with Crippen molar-refractivity contribution in [1.82, 2.24) is 5.48 Å². The lowest BCUT2D eigenvalue weighted by atomic mass is 10.1. The molecule has 0 saturated carbocycles. The summed E-state index contributed by atoms with van der Waals surface area (Å²) >= 11 is 0. The zero-order chi connectivity index (χ0) is 9.10. The van der Waals surface area contributed by atoms with Crippen molar-refractivity contribution in [3.8, 4) is 0 Å². The minimum absolute atomic E-state index is 0.232. The summed E-state index contributed by atoms with van der Waals surface area (Å²) in [6.07, 6.45) is 0.541. The maximum absolute atomic E-state index is 10.5. The van der Waals surface area contributed by atoms with Gasteiger partial charge in [0.2, 0.25) is 0 Å². The van der Waals surface area contributed by atoms with E-state index in [0.717, 1.165) is 11.8 Å². The third-order valence-corrected chi connectivity index (χ3v) is 1.83. The molecule has 0 aromatic heterocycles. The van der Waals surface area contributed by atoms with Crippen molar-refractivity contribution in [1.29, 1.82) is 0 Å². The van der Waals surface area contributed by atoms with E-state index in [9.17, 15) is 4.79 Å². The smallest absolute Gasteiger partial charge is 0.169 e. The van der Waals surface area contributed by atoms with Crippen molar-refractivity contribution in [3.63, 3.8) is 0 Å². The Morgan fingerprint density at radius 1 is 1.54 bits per heavy atom. The van der Waals surface area contributed by atoms with Crippen molar-refractivity contribution in [2.24, 2.45) is 0 Å². The average molecular weight is 179 g/mol. The van der Waals surface area contributed by atoms with Gasteiger partial charge in [-0.25, -0.2) is 0 Å². The van der Waals surface area contributed by atoms with E-state index in [0.29, 0.717) is 5.56 Å². The Hall–Kier alpha value is -1.23. The lowest BCUT2D eigenvalue weighted by Crippen LogP contribution is -2.12. The van der Waals surface area contributed by atoms with Crippen LogP contribution in [-0.2, 0) is 9.57 Å². The van der Waals surface area contributed by atoms with Crippen LogP contribution in [0.4, 0.5) is 0 Å². The Morgan fingerprint density at radius 2 is 2.46 bits per heavy atom. The molecule has 1 fully saturated rings. The van der Waals surface area contributed by atoms with Gasteiger partial charge in [0.05, 0.1) is 0 Å². The SMILES string of the molecule is O=Cc1cccc(C2NOCO2)c1. The van der Waals surface area contributed by atoms with Crippen LogP contribution in [0.25, 0.3) is 0 Å². The second-order valence-corrected chi connectivity index (χ2v) is 2.71. The number of aldehydes is 1. The minimum Gasteiger partial charge on any atom is -0.329 e. The van der Waals surface area contributed by atoms with Gasteiger partial charge >= 0.3 is 0 Å². The molecule has 4 nitrogen and oxygen atoms in total. The quantitative estimate of drug-likeness (QED) is 0.688. The molecule has 1 aromatic rings. The molecule has 1 saturated heterocycles. The Morgan fingerprint density at radius 3 is 3.15 bits per heavy atom.